The summed E-state index contributed by atoms with van der Waals surface area (Å²) in [6.07, 6.45) is 3.89. The molecule has 3 rings (SSSR count). The number of hydrogen-bond acceptors (Lipinski definition) is 3. The van der Waals surface area contributed by atoms with E-state index in [1.807, 2.05) is 30.5 Å². The van der Waals surface area contributed by atoms with Crippen molar-refractivity contribution in [2.45, 2.75) is 18.9 Å². The van der Waals surface area contributed by atoms with Crippen LogP contribution < -0.4 is 5.69 Å². The average Bonchev–Trinajstić information content (AvgIpc) is 2.71. The normalized spacial score (nSPS) is 17.7. The fraction of sp³-hybridized carbons (Fsp3) is 0.429. The van der Waals surface area contributed by atoms with E-state index in [2.05, 4.69) is 11.9 Å². The van der Waals surface area contributed by atoms with Gasteiger partial charge in [-0.1, -0.05) is 12.1 Å². The number of benzene rings is 1. The molecule has 0 spiro atoms. The molecule has 0 unspecified atom stereocenters. The summed E-state index contributed by atoms with van der Waals surface area (Å²) in [5.41, 5.74) is 1.36. The topological polar surface area (TPSA) is 54.0 Å². The van der Waals surface area contributed by atoms with Crippen LogP contribution in [0.4, 0.5) is 0 Å². The van der Waals surface area contributed by atoms with E-state index in [0.29, 0.717) is 5.52 Å². The molecule has 1 aromatic carbocycles. The molecule has 2 heterocycles. The number of rotatable bonds is 1. The fourth-order valence-corrected chi connectivity index (χ4v) is 2.87. The number of para-hydroxylation sites is 2. The molecule has 0 radical (unpaired) electrons. The van der Waals surface area contributed by atoms with Gasteiger partial charge in [0, 0.05) is 6.04 Å². The summed E-state index contributed by atoms with van der Waals surface area (Å²) in [6, 6.07) is 7.71. The Morgan fingerprint density at radius 1 is 1.21 bits per heavy atom. The first-order chi connectivity index (χ1) is 9.22. The molecular formula is C14H16N4O. The number of likely N-dealkylation sites (tertiary alicyclic amines) is 1. The molecular weight excluding hydrogens is 240 g/mol. The highest BCUT2D eigenvalue weighted by atomic mass is 16.1. The molecule has 1 aromatic heterocycles. The first kappa shape index (κ1) is 12.0. The van der Waals surface area contributed by atoms with E-state index in [0.717, 1.165) is 31.4 Å². The Balaban J connectivity index is 2.16. The zero-order chi connectivity index (χ0) is 13.4. The summed E-state index contributed by atoms with van der Waals surface area (Å²) in [6.45, 7) is 1.98. The lowest BCUT2D eigenvalue weighted by atomic mass is 10.1. The minimum absolute atomic E-state index is 0.197. The van der Waals surface area contributed by atoms with Gasteiger partial charge in [-0.25, -0.2) is 4.79 Å². The molecule has 0 bridgehead atoms. The van der Waals surface area contributed by atoms with Crippen molar-refractivity contribution in [1.82, 2.24) is 14.0 Å². The minimum atomic E-state index is -0.210. The molecule has 1 aliphatic heterocycles. The molecule has 0 N–H and O–H groups in total. The van der Waals surface area contributed by atoms with Gasteiger partial charge < -0.3 is 4.90 Å². The summed E-state index contributed by atoms with van der Waals surface area (Å²) in [5, 5.41) is 9.16. The minimum Gasteiger partial charge on any atom is -0.306 e. The molecule has 5 heteroatoms. The van der Waals surface area contributed by atoms with E-state index >= 15 is 0 Å². The predicted molar refractivity (Wildman–Crippen MR) is 73.0 cm³/mol. The average molecular weight is 256 g/mol. The van der Waals surface area contributed by atoms with Crippen LogP contribution >= 0.6 is 0 Å². The quantitative estimate of drug-likeness (QED) is 0.775. The maximum Gasteiger partial charge on any atom is 0.342 e. The second-order valence-corrected chi connectivity index (χ2v) is 5.11. The number of imidazole rings is 1. The standard InChI is InChI=1S/C14H16N4O/c1-16-8-6-11(7-9-16)18-13-5-3-2-4-12(13)17(10-15)14(18)19/h2-5,11H,6-9H2,1H3. The Kier molecular flexibility index (Phi) is 2.88. The zero-order valence-electron chi connectivity index (χ0n) is 10.9. The van der Waals surface area contributed by atoms with E-state index in [4.69, 9.17) is 5.26 Å². The molecule has 98 valence electrons. The maximum absolute atomic E-state index is 12.4. The van der Waals surface area contributed by atoms with Crippen LogP contribution in [0.1, 0.15) is 18.9 Å². The highest BCUT2D eigenvalue weighted by Crippen LogP contribution is 2.24. The number of fused-ring (bicyclic) bond motifs is 1. The monoisotopic (exact) mass is 256 g/mol. The first-order valence-electron chi connectivity index (χ1n) is 6.53. The van der Waals surface area contributed by atoms with Gasteiger partial charge in [-0.2, -0.15) is 9.83 Å². The third-order valence-corrected chi connectivity index (χ3v) is 3.93. The van der Waals surface area contributed by atoms with Crippen molar-refractivity contribution in [1.29, 1.82) is 5.26 Å². The van der Waals surface area contributed by atoms with Gasteiger partial charge in [0.2, 0.25) is 0 Å². The van der Waals surface area contributed by atoms with Crippen LogP contribution in [0, 0.1) is 11.5 Å². The van der Waals surface area contributed by atoms with Crippen LogP contribution in [0.3, 0.4) is 0 Å². The molecule has 5 nitrogen and oxygen atoms in total. The van der Waals surface area contributed by atoms with Crippen molar-refractivity contribution in [3.63, 3.8) is 0 Å². The molecule has 0 saturated carbocycles. The van der Waals surface area contributed by atoms with Crippen LogP contribution in [0.2, 0.25) is 0 Å². The number of nitrogens with zero attached hydrogens (tertiary/aromatic N) is 4. The lowest BCUT2D eigenvalue weighted by Crippen LogP contribution is -2.35. The van der Waals surface area contributed by atoms with Gasteiger partial charge in [0.25, 0.3) is 0 Å². The van der Waals surface area contributed by atoms with Gasteiger partial charge in [-0.3, -0.25) is 4.57 Å². The number of nitriles is 1. The first-order valence-corrected chi connectivity index (χ1v) is 6.53. The van der Waals surface area contributed by atoms with E-state index < -0.39 is 0 Å². The SMILES string of the molecule is CN1CCC(n2c(=O)n(C#N)c3ccccc32)CC1. The Hall–Kier alpha value is -2.06. The molecule has 1 aliphatic rings. The summed E-state index contributed by atoms with van der Waals surface area (Å²) >= 11 is 0. The van der Waals surface area contributed by atoms with Gasteiger partial charge in [0.15, 0.2) is 6.19 Å². The lowest BCUT2D eigenvalue weighted by molar-refractivity contribution is 0.221. The van der Waals surface area contributed by atoms with Crippen molar-refractivity contribution in [3.05, 3.63) is 34.7 Å². The third-order valence-electron chi connectivity index (χ3n) is 3.93. The molecule has 0 amide bonds. The Morgan fingerprint density at radius 3 is 2.47 bits per heavy atom. The molecule has 2 aromatic rings. The molecule has 19 heavy (non-hydrogen) atoms. The van der Waals surface area contributed by atoms with Gasteiger partial charge in [0.1, 0.15) is 0 Å². The van der Waals surface area contributed by atoms with Gasteiger partial charge in [0.05, 0.1) is 11.0 Å². The van der Waals surface area contributed by atoms with Crippen molar-refractivity contribution in [2.24, 2.45) is 0 Å². The van der Waals surface area contributed by atoms with E-state index in [1.54, 1.807) is 4.57 Å². The van der Waals surface area contributed by atoms with Gasteiger partial charge in [-0.05, 0) is 45.1 Å². The predicted octanol–water partition coefficient (Wildman–Crippen LogP) is 1.40. The summed E-state index contributed by atoms with van der Waals surface area (Å²) in [4.78, 5) is 14.7. The fourth-order valence-electron chi connectivity index (χ4n) is 2.87. The zero-order valence-corrected chi connectivity index (χ0v) is 10.9. The van der Waals surface area contributed by atoms with Crippen LogP contribution in [-0.4, -0.2) is 34.2 Å². The van der Waals surface area contributed by atoms with Gasteiger partial charge >= 0.3 is 5.69 Å². The Bertz CT molecular complexity index is 698. The van der Waals surface area contributed by atoms with Crippen LogP contribution in [-0.2, 0) is 0 Å². The van der Waals surface area contributed by atoms with Crippen molar-refractivity contribution < 1.29 is 0 Å². The van der Waals surface area contributed by atoms with Crippen molar-refractivity contribution in [2.75, 3.05) is 20.1 Å². The number of aromatic nitrogens is 2. The maximum atomic E-state index is 12.4. The number of hydrogen-bond donors (Lipinski definition) is 0. The molecule has 0 atom stereocenters. The Morgan fingerprint density at radius 2 is 1.84 bits per heavy atom. The highest BCUT2D eigenvalue weighted by molar-refractivity contribution is 5.77. The summed E-state index contributed by atoms with van der Waals surface area (Å²) in [5.74, 6) is 0. The molecule has 0 aliphatic carbocycles. The van der Waals surface area contributed by atoms with Crippen LogP contribution in [0.25, 0.3) is 11.0 Å². The number of piperidine rings is 1. The Labute approximate surface area is 111 Å². The van der Waals surface area contributed by atoms with Crippen LogP contribution in [0.5, 0.6) is 0 Å². The summed E-state index contributed by atoms with van der Waals surface area (Å²) in [7, 11) is 2.09. The van der Waals surface area contributed by atoms with E-state index in [1.165, 1.54) is 4.57 Å². The van der Waals surface area contributed by atoms with E-state index in [-0.39, 0.29) is 11.7 Å². The second kappa shape index (κ2) is 4.56. The van der Waals surface area contributed by atoms with Crippen molar-refractivity contribution in [3.8, 4) is 6.19 Å². The van der Waals surface area contributed by atoms with Crippen LogP contribution in [0.15, 0.2) is 29.1 Å². The third kappa shape index (κ3) is 1.85. The second-order valence-electron chi connectivity index (χ2n) is 5.11. The molecule has 1 saturated heterocycles. The highest BCUT2D eigenvalue weighted by Gasteiger charge is 2.23. The summed E-state index contributed by atoms with van der Waals surface area (Å²) < 4.78 is 2.99. The lowest BCUT2D eigenvalue weighted by Gasteiger charge is -2.29. The van der Waals surface area contributed by atoms with Gasteiger partial charge in [-0.15, -0.1) is 0 Å². The van der Waals surface area contributed by atoms with Crippen molar-refractivity contribution >= 4 is 11.0 Å². The smallest absolute Gasteiger partial charge is 0.306 e. The largest absolute Gasteiger partial charge is 0.342 e. The molecule has 1 fully saturated rings. The van der Waals surface area contributed by atoms with E-state index in [9.17, 15) is 4.79 Å².